The van der Waals surface area contributed by atoms with Crippen molar-refractivity contribution in [3.8, 4) is 5.69 Å². The number of nitrogens with zero attached hydrogens (tertiary/aromatic N) is 4. The lowest BCUT2D eigenvalue weighted by molar-refractivity contribution is 0.177. The van der Waals surface area contributed by atoms with Crippen molar-refractivity contribution in [2.75, 3.05) is 0 Å². The van der Waals surface area contributed by atoms with Crippen LogP contribution >= 0.6 is 11.6 Å². The van der Waals surface area contributed by atoms with Gasteiger partial charge in [-0.15, -0.1) is 10.2 Å². The van der Waals surface area contributed by atoms with Crippen molar-refractivity contribution in [2.24, 2.45) is 4.99 Å². The Bertz CT molecular complexity index is 918. The van der Waals surface area contributed by atoms with Crippen LogP contribution in [0.5, 0.6) is 0 Å². The number of aliphatic imine (C=N–C) groups is 1. The predicted molar refractivity (Wildman–Crippen MR) is 88.1 cm³/mol. The first-order valence-corrected chi connectivity index (χ1v) is 7.55. The van der Waals surface area contributed by atoms with Crippen LogP contribution in [0.15, 0.2) is 53.8 Å². The summed E-state index contributed by atoms with van der Waals surface area (Å²) in [4.78, 5) is 4.49. The zero-order valence-corrected chi connectivity index (χ0v) is 13.1. The standard InChI is InChI=1S/C17H13ClN4O/c1-10-12(18)7-8-13-14(10)15(11-5-3-2-4-6-11)20-17(23)16-21-19-9-22(13)16/h2-9,17,23H,1H3. The maximum absolute atomic E-state index is 10.5. The number of aromatic nitrogens is 3. The van der Waals surface area contributed by atoms with E-state index in [4.69, 9.17) is 11.6 Å². The zero-order valence-electron chi connectivity index (χ0n) is 12.3. The molecular formula is C17H13ClN4O. The molecule has 0 radical (unpaired) electrons. The highest BCUT2D eigenvalue weighted by Gasteiger charge is 2.26. The van der Waals surface area contributed by atoms with E-state index in [1.54, 1.807) is 10.9 Å². The number of hydrogen-bond acceptors (Lipinski definition) is 4. The Morgan fingerprint density at radius 1 is 1.13 bits per heavy atom. The fourth-order valence-electron chi connectivity index (χ4n) is 2.84. The van der Waals surface area contributed by atoms with E-state index < -0.39 is 6.23 Å². The molecular weight excluding hydrogens is 312 g/mol. The zero-order chi connectivity index (χ0) is 16.0. The van der Waals surface area contributed by atoms with E-state index in [-0.39, 0.29) is 0 Å². The highest BCUT2D eigenvalue weighted by Crippen LogP contribution is 2.33. The number of benzene rings is 2. The Hall–Kier alpha value is -2.50. The number of aliphatic hydroxyl groups excluding tert-OH is 1. The molecule has 1 unspecified atom stereocenters. The van der Waals surface area contributed by atoms with Gasteiger partial charge in [0.05, 0.1) is 11.4 Å². The molecule has 0 saturated carbocycles. The second-order valence-electron chi connectivity index (χ2n) is 5.34. The van der Waals surface area contributed by atoms with Crippen LogP contribution < -0.4 is 0 Å². The fraction of sp³-hybridized carbons (Fsp3) is 0.118. The van der Waals surface area contributed by atoms with Crippen molar-refractivity contribution in [1.82, 2.24) is 14.8 Å². The van der Waals surface area contributed by atoms with Gasteiger partial charge >= 0.3 is 0 Å². The van der Waals surface area contributed by atoms with Crippen molar-refractivity contribution in [3.05, 3.63) is 76.3 Å². The van der Waals surface area contributed by atoms with Crippen LogP contribution in [-0.2, 0) is 0 Å². The van der Waals surface area contributed by atoms with Crippen molar-refractivity contribution < 1.29 is 5.11 Å². The number of halogens is 1. The Morgan fingerprint density at radius 3 is 2.70 bits per heavy atom. The lowest BCUT2D eigenvalue weighted by Crippen LogP contribution is -2.09. The number of hydrogen-bond donors (Lipinski definition) is 1. The van der Waals surface area contributed by atoms with E-state index in [9.17, 15) is 5.11 Å². The van der Waals surface area contributed by atoms with Gasteiger partial charge in [-0.25, -0.2) is 4.99 Å². The minimum Gasteiger partial charge on any atom is -0.365 e. The largest absolute Gasteiger partial charge is 0.365 e. The highest BCUT2D eigenvalue weighted by molar-refractivity contribution is 6.32. The van der Waals surface area contributed by atoms with Gasteiger partial charge in [-0.05, 0) is 24.6 Å². The number of rotatable bonds is 1. The van der Waals surface area contributed by atoms with E-state index >= 15 is 0 Å². The summed E-state index contributed by atoms with van der Waals surface area (Å²) < 4.78 is 1.75. The van der Waals surface area contributed by atoms with Crippen LogP contribution in [0.25, 0.3) is 5.69 Å². The Morgan fingerprint density at radius 2 is 1.91 bits per heavy atom. The van der Waals surface area contributed by atoms with Crippen LogP contribution in [0.4, 0.5) is 0 Å². The first kappa shape index (κ1) is 14.1. The summed E-state index contributed by atoms with van der Waals surface area (Å²) >= 11 is 6.33. The number of fused-ring (bicyclic) bond motifs is 3. The molecule has 23 heavy (non-hydrogen) atoms. The van der Waals surface area contributed by atoms with Crippen LogP contribution in [0.2, 0.25) is 5.02 Å². The maximum atomic E-state index is 10.5. The van der Waals surface area contributed by atoms with E-state index in [2.05, 4.69) is 15.2 Å². The fourth-order valence-corrected chi connectivity index (χ4v) is 2.99. The van der Waals surface area contributed by atoms with Crippen molar-refractivity contribution >= 4 is 17.3 Å². The molecule has 0 fully saturated rings. The molecule has 6 heteroatoms. The van der Waals surface area contributed by atoms with Crippen LogP contribution in [0, 0.1) is 6.92 Å². The summed E-state index contributed by atoms with van der Waals surface area (Å²) in [7, 11) is 0. The molecule has 1 aliphatic heterocycles. The summed E-state index contributed by atoms with van der Waals surface area (Å²) in [5.74, 6) is 0.388. The molecule has 0 spiro atoms. The van der Waals surface area contributed by atoms with E-state index in [0.717, 1.165) is 22.4 Å². The van der Waals surface area contributed by atoms with Crippen LogP contribution in [0.1, 0.15) is 28.7 Å². The molecule has 4 rings (SSSR count). The molecule has 5 nitrogen and oxygen atoms in total. The molecule has 1 atom stereocenters. The van der Waals surface area contributed by atoms with Gasteiger partial charge in [0.2, 0.25) is 6.23 Å². The Kier molecular flexibility index (Phi) is 3.25. The lowest BCUT2D eigenvalue weighted by Gasteiger charge is -2.15. The SMILES string of the molecule is Cc1c(Cl)ccc2c1C(c1ccccc1)=NC(O)c1nncn1-2. The third-order valence-corrected chi connectivity index (χ3v) is 4.39. The summed E-state index contributed by atoms with van der Waals surface area (Å²) in [5, 5.41) is 19.0. The van der Waals surface area contributed by atoms with Crippen molar-refractivity contribution in [2.45, 2.75) is 13.2 Å². The second-order valence-corrected chi connectivity index (χ2v) is 5.75. The van der Waals surface area contributed by atoms with Gasteiger partial charge in [-0.1, -0.05) is 41.9 Å². The number of aliphatic hydroxyl groups is 1. The van der Waals surface area contributed by atoms with E-state index in [1.807, 2.05) is 49.4 Å². The van der Waals surface area contributed by atoms with E-state index in [1.165, 1.54) is 0 Å². The third kappa shape index (κ3) is 2.17. The predicted octanol–water partition coefficient (Wildman–Crippen LogP) is 3.07. The average molecular weight is 325 g/mol. The topological polar surface area (TPSA) is 63.3 Å². The van der Waals surface area contributed by atoms with Gasteiger partial charge in [-0.2, -0.15) is 0 Å². The van der Waals surface area contributed by atoms with Gasteiger partial charge in [0.15, 0.2) is 5.82 Å². The molecule has 0 amide bonds. The molecule has 1 aromatic heterocycles. The molecule has 2 heterocycles. The molecule has 0 bridgehead atoms. The Balaban J connectivity index is 2.09. The second kappa shape index (κ2) is 5.30. The Labute approximate surface area is 137 Å². The third-order valence-electron chi connectivity index (χ3n) is 3.98. The minimum atomic E-state index is -1.08. The van der Waals surface area contributed by atoms with Crippen molar-refractivity contribution in [1.29, 1.82) is 0 Å². The maximum Gasteiger partial charge on any atom is 0.207 e. The quantitative estimate of drug-likeness (QED) is 0.748. The summed E-state index contributed by atoms with van der Waals surface area (Å²) in [5.41, 5.74) is 4.24. The van der Waals surface area contributed by atoms with Gasteiger partial charge in [0.1, 0.15) is 6.33 Å². The lowest BCUT2D eigenvalue weighted by atomic mass is 9.96. The minimum absolute atomic E-state index is 0.388. The molecule has 114 valence electrons. The normalized spacial score (nSPS) is 16.3. The molecule has 1 aliphatic rings. The van der Waals surface area contributed by atoms with Crippen LogP contribution in [0.3, 0.4) is 0 Å². The van der Waals surface area contributed by atoms with Crippen molar-refractivity contribution in [3.63, 3.8) is 0 Å². The van der Waals surface area contributed by atoms with E-state index in [0.29, 0.717) is 16.6 Å². The molecule has 0 aliphatic carbocycles. The summed E-state index contributed by atoms with van der Waals surface area (Å²) in [6.45, 7) is 1.95. The molecule has 3 aromatic rings. The first-order valence-electron chi connectivity index (χ1n) is 7.18. The van der Waals surface area contributed by atoms with Crippen LogP contribution in [-0.4, -0.2) is 25.6 Å². The average Bonchev–Trinajstić information content (AvgIpc) is 3.02. The van der Waals surface area contributed by atoms with Gasteiger partial charge in [0, 0.05) is 16.1 Å². The molecule has 2 aromatic carbocycles. The van der Waals surface area contributed by atoms with Gasteiger partial charge < -0.3 is 5.11 Å². The van der Waals surface area contributed by atoms with Gasteiger partial charge in [0.25, 0.3) is 0 Å². The monoisotopic (exact) mass is 324 g/mol. The highest BCUT2D eigenvalue weighted by atomic mass is 35.5. The van der Waals surface area contributed by atoms with Gasteiger partial charge in [-0.3, -0.25) is 4.57 Å². The molecule has 0 saturated heterocycles. The smallest absolute Gasteiger partial charge is 0.207 e. The molecule has 1 N–H and O–H groups in total. The summed E-state index contributed by atoms with van der Waals surface area (Å²) in [6.07, 6.45) is 0.493. The first-order chi connectivity index (χ1) is 11.2. The summed E-state index contributed by atoms with van der Waals surface area (Å²) in [6, 6.07) is 13.5.